The Balaban J connectivity index is 1.44. The van der Waals surface area contributed by atoms with Gasteiger partial charge in [0, 0.05) is 25.2 Å². The normalized spacial score (nSPS) is 23.8. The Hall–Kier alpha value is -2.28. The molecule has 2 aromatic rings. The summed E-state index contributed by atoms with van der Waals surface area (Å²) in [5, 5.41) is 7.34. The summed E-state index contributed by atoms with van der Waals surface area (Å²) < 4.78 is 18.5. The number of likely N-dealkylation sites (tertiary alicyclic amines) is 1. The fourth-order valence-corrected chi connectivity index (χ4v) is 3.82. The van der Waals surface area contributed by atoms with Crippen molar-refractivity contribution in [2.45, 2.75) is 31.6 Å². The summed E-state index contributed by atoms with van der Waals surface area (Å²) in [4.78, 5) is 19.2. The van der Waals surface area contributed by atoms with Gasteiger partial charge in [-0.3, -0.25) is 4.79 Å². The zero-order valence-corrected chi connectivity index (χ0v) is 14.7. The van der Waals surface area contributed by atoms with E-state index < -0.39 is 0 Å². The van der Waals surface area contributed by atoms with Gasteiger partial charge in [-0.2, -0.15) is 4.98 Å². The lowest BCUT2D eigenvalue weighted by Gasteiger charge is -2.34. The summed E-state index contributed by atoms with van der Waals surface area (Å²) in [5.41, 5.74) is 0.721. The minimum absolute atomic E-state index is 0.0611. The summed E-state index contributed by atoms with van der Waals surface area (Å²) in [6.45, 7) is 3.20. The summed E-state index contributed by atoms with van der Waals surface area (Å²) in [7, 11) is 0. The minimum Gasteiger partial charge on any atom is -0.342 e. The van der Waals surface area contributed by atoms with Gasteiger partial charge < -0.3 is 14.7 Å². The largest absolute Gasteiger partial charge is 0.342 e. The Morgan fingerprint density at radius 1 is 1.23 bits per heavy atom. The fourth-order valence-electron chi connectivity index (χ4n) is 3.82. The van der Waals surface area contributed by atoms with Crippen LogP contribution < -0.4 is 5.32 Å². The number of nitrogens with one attached hydrogen (secondary N) is 1. The van der Waals surface area contributed by atoms with E-state index in [2.05, 4.69) is 15.5 Å². The zero-order valence-electron chi connectivity index (χ0n) is 14.7. The molecule has 3 heterocycles. The molecule has 26 heavy (non-hydrogen) atoms. The van der Waals surface area contributed by atoms with Gasteiger partial charge in [-0.25, -0.2) is 4.39 Å². The first-order valence-electron chi connectivity index (χ1n) is 9.30. The monoisotopic (exact) mass is 358 g/mol. The molecule has 0 bridgehead atoms. The third kappa shape index (κ3) is 3.62. The number of hydrogen-bond donors (Lipinski definition) is 1. The molecule has 1 aromatic heterocycles. The van der Waals surface area contributed by atoms with Crippen LogP contribution in [0.2, 0.25) is 0 Å². The van der Waals surface area contributed by atoms with Gasteiger partial charge in [-0.05, 0) is 56.5 Å². The number of carbonyl (C=O) groups excluding carboxylic acids is 1. The van der Waals surface area contributed by atoms with Crippen molar-refractivity contribution in [3.63, 3.8) is 0 Å². The second kappa shape index (κ2) is 7.53. The quantitative estimate of drug-likeness (QED) is 0.913. The topological polar surface area (TPSA) is 71.3 Å². The van der Waals surface area contributed by atoms with Crippen molar-refractivity contribution in [2.24, 2.45) is 5.92 Å². The Morgan fingerprint density at radius 2 is 2.08 bits per heavy atom. The van der Waals surface area contributed by atoms with Gasteiger partial charge in [0.25, 0.3) is 0 Å². The van der Waals surface area contributed by atoms with Crippen LogP contribution in [0.3, 0.4) is 0 Å². The van der Waals surface area contributed by atoms with E-state index in [0.717, 1.165) is 50.9 Å². The smallest absolute Gasteiger partial charge is 0.231 e. The number of piperidine rings is 2. The van der Waals surface area contributed by atoms with Crippen molar-refractivity contribution in [1.82, 2.24) is 20.4 Å². The molecule has 0 aliphatic carbocycles. The predicted octanol–water partition coefficient (Wildman–Crippen LogP) is 2.58. The average Bonchev–Trinajstić information content (AvgIpc) is 3.19. The molecule has 2 aliphatic heterocycles. The van der Waals surface area contributed by atoms with Crippen molar-refractivity contribution in [2.75, 3.05) is 26.2 Å². The van der Waals surface area contributed by atoms with E-state index in [1.165, 1.54) is 12.1 Å². The molecule has 0 radical (unpaired) electrons. The van der Waals surface area contributed by atoms with Crippen molar-refractivity contribution in [1.29, 1.82) is 0 Å². The summed E-state index contributed by atoms with van der Waals surface area (Å²) in [6.07, 6.45) is 3.88. The summed E-state index contributed by atoms with van der Waals surface area (Å²) in [6, 6.07) is 6.03. The van der Waals surface area contributed by atoms with Crippen molar-refractivity contribution >= 4 is 5.91 Å². The second-order valence-electron chi connectivity index (χ2n) is 7.13. The summed E-state index contributed by atoms with van der Waals surface area (Å²) in [5.74, 6) is 1.10. The highest BCUT2D eigenvalue weighted by Gasteiger charge is 2.32. The molecule has 1 amide bonds. The lowest BCUT2D eigenvalue weighted by molar-refractivity contribution is -0.137. The molecule has 1 N–H and O–H groups in total. The first-order chi connectivity index (χ1) is 12.7. The van der Waals surface area contributed by atoms with Gasteiger partial charge in [0.1, 0.15) is 5.82 Å². The molecule has 7 heteroatoms. The van der Waals surface area contributed by atoms with Gasteiger partial charge in [0.2, 0.25) is 17.6 Å². The van der Waals surface area contributed by atoms with E-state index in [4.69, 9.17) is 4.52 Å². The van der Waals surface area contributed by atoms with Crippen LogP contribution in [0.5, 0.6) is 0 Å². The van der Waals surface area contributed by atoms with E-state index in [0.29, 0.717) is 18.3 Å². The van der Waals surface area contributed by atoms with Crippen LogP contribution in [0.1, 0.15) is 37.5 Å². The standard InChI is InChI=1S/C19H23FN4O2/c20-16-7-5-13(6-8-16)17-22-18(26-23-17)15-4-2-10-24(12-15)19(25)14-3-1-9-21-11-14/h5-8,14-15,21H,1-4,9-12H2. The van der Waals surface area contributed by atoms with Gasteiger partial charge in [-0.1, -0.05) is 5.16 Å². The highest BCUT2D eigenvalue weighted by molar-refractivity contribution is 5.79. The van der Waals surface area contributed by atoms with Crippen LogP contribution in [-0.4, -0.2) is 47.1 Å². The molecular formula is C19H23FN4O2. The SMILES string of the molecule is O=C(C1CCCNC1)N1CCCC(c2nc(-c3ccc(F)cc3)no2)C1. The average molecular weight is 358 g/mol. The lowest BCUT2D eigenvalue weighted by Crippen LogP contribution is -2.46. The molecule has 2 saturated heterocycles. The molecule has 1 aromatic carbocycles. The van der Waals surface area contributed by atoms with E-state index in [1.54, 1.807) is 12.1 Å². The first-order valence-corrected chi connectivity index (χ1v) is 9.30. The van der Waals surface area contributed by atoms with Gasteiger partial charge in [0.05, 0.1) is 11.8 Å². The highest BCUT2D eigenvalue weighted by Crippen LogP contribution is 2.29. The predicted molar refractivity (Wildman–Crippen MR) is 93.8 cm³/mol. The van der Waals surface area contributed by atoms with E-state index in [9.17, 15) is 9.18 Å². The van der Waals surface area contributed by atoms with Crippen LogP contribution in [0.4, 0.5) is 4.39 Å². The van der Waals surface area contributed by atoms with Crippen molar-refractivity contribution < 1.29 is 13.7 Å². The maximum absolute atomic E-state index is 13.1. The number of benzene rings is 1. The fraction of sp³-hybridized carbons (Fsp3) is 0.526. The van der Waals surface area contributed by atoms with Crippen LogP contribution in [0.15, 0.2) is 28.8 Å². The third-order valence-electron chi connectivity index (χ3n) is 5.27. The molecule has 6 nitrogen and oxygen atoms in total. The second-order valence-corrected chi connectivity index (χ2v) is 7.13. The number of hydrogen-bond acceptors (Lipinski definition) is 5. The number of carbonyl (C=O) groups is 1. The minimum atomic E-state index is -0.295. The number of halogens is 1. The molecule has 138 valence electrons. The lowest BCUT2D eigenvalue weighted by atomic mass is 9.93. The number of aromatic nitrogens is 2. The van der Waals surface area contributed by atoms with Crippen LogP contribution in [0, 0.1) is 11.7 Å². The molecule has 0 saturated carbocycles. The molecule has 2 fully saturated rings. The van der Waals surface area contributed by atoms with Crippen LogP contribution >= 0.6 is 0 Å². The zero-order chi connectivity index (χ0) is 17.9. The number of amides is 1. The first kappa shape index (κ1) is 17.1. The highest BCUT2D eigenvalue weighted by atomic mass is 19.1. The third-order valence-corrected chi connectivity index (χ3v) is 5.27. The van der Waals surface area contributed by atoms with E-state index in [1.807, 2.05) is 4.90 Å². The number of rotatable bonds is 3. The van der Waals surface area contributed by atoms with Gasteiger partial charge in [0.15, 0.2) is 0 Å². The van der Waals surface area contributed by atoms with Crippen LogP contribution in [0.25, 0.3) is 11.4 Å². The van der Waals surface area contributed by atoms with Gasteiger partial charge in [-0.15, -0.1) is 0 Å². The number of nitrogens with zero attached hydrogens (tertiary/aromatic N) is 3. The molecule has 2 unspecified atom stereocenters. The molecule has 4 rings (SSSR count). The molecule has 2 aliphatic rings. The van der Waals surface area contributed by atoms with E-state index in [-0.39, 0.29) is 23.6 Å². The Morgan fingerprint density at radius 3 is 2.85 bits per heavy atom. The molecule has 2 atom stereocenters. The maximum Gasteiger partial charge on any atom is 0.231 e. The van der Waals surface area contributed by atoms with E-state index >= 15 is 0 Å². The molecular weight excluding hydrogens is 335 g/mol. The Kier molecular flexibility index (Phi) is 4.97. The van der Waals surface area contributed by atoms with Crippen molar-refractivity contribution in [3.8, 4) is 11.4 Å². The maximum atomic E-state index is 13.1. The Labute approximate surface area is 151 Å². The molecule has 0 spiro atoms. The van der Waals surface area contributed by atoms with Crippen molar-refractivity contribution in [3.05, 3.63) is 36.0 Å². The summed E-state index contributed by atoms with van der Waals surface area (Å²) >= 11 is 0. The Bertz CT molecular complexity index is 755. The van der Waals surface area contributed by atoms with Gasteiger partial charge >= 0.3 is 0 Å². The van der Waals surface area contributed by atoms with Crippen LogP contribution in [-0.2, 0) is 4.79 Å².